The van der Waals surface area contributed by atoms with Crippen LogP contribution in [-0.2, 0) is 4.79 Å². The molecule has 0 fully saturated rings. The number of amides is 1. The molecule has 0 unspecified atom stereocenters. The SMILES string of the molecule is CNC(=O)CCCOc1c(C)cc(Br)cc1C=O. The third-order valence-electron chi connectivity index (χ3n) is 2.47. The van der Waals surface area contributed by atoms with Crippen LogP contribution in [0.2, 0.25) is 0 Å². The van der Waals surface area contributed by atoms with E-state index < -0.39 is 0 Å². The maximum atomic E-state index is 11.0. The van der Waals surface area contributed by atoms with Crippen LogP contribution in [0.1, 0.15) is 28.8 Å². The number of ether oxygens (including phenoxy) is 1. The van der Waals surface area contributed by atoms with Crippen LogP contribution >= 0.6 is 15.9 Å². The van der Waals surface area contributed by atoms with E-state index >= 15 is 0 Å². The van der Waals surface area contributed by atoms with Gasteiger partial charge in [-0.3, -0.25) is 9.59 Å². The number of aldehydes is 1. The molecule has 0 spiro atoms. The maximum Gasteiger partial charge on any atom is 0.219 e. The second-order valence-electron chi connectivity index (χ2n) is 3.88. The average molecular weight is 314 g/mol. The van der Waals surface area contributed by atoms with Gasteiger partial charge in [0.15, 0.2) is 6.29 Å². The molecule has 1 rings (SSSR count). The summed E-state index contributed by atoms with van der Waals surface area (Å²) in [4.78, 5) is 22.0. The van der Waals surface area contributed by atoms with Crippen molar-refractivity contribution in [1.29, 1.82) is 0 Å². The average Bonchev–Trinajstić information content (AvgIpc) is 2.35. The first-order valence-corrected chi connectivity index (χ1v) is 6.46. The van der Waals surface area contributed by atoms with Crippen LogP contribution in [0.15, 0.2) is 16.6 Å². The summed E-state index contributed by atoms with van der Waals surface area (Å²) >= 11 is 3.33. The van der Waals surface area contributed by atoms with Gasteiger partial charge in [-0.25, -0.2) is 0 Å². The number of hydrogen-bond acceptors (Lipinski definition) is 3. The van der Waals surface area contributed by atoms with Crippen LogP contribution in [0.5, 0.6) is 5.75 Å². The minimum atomic E-state index is -0.0123. The Hall–Kier alpha value is -1.36. The minimum Gasteiger partial charge on any atom is -0.493 e. The number of carbonyl (C=O) groups excluding carboxylic acids is 2. The highest BCUT2D eigenvalue weighted by Crippen LogP contribution is 2.27. The fraction of sp³-hybridized carbons (Fsp3) is 0.385. The Bertz CT molecular complexity index is 446. The van der Waals surface area contributed by atoms with Crippen LogP contribution in [-0.4, -0.2) is 25.8 Å². The zero-order valence-electron chi connectivity index (χ0n) is 10.5. The lowest BCUT2D eigenvalue weighted by molar-refractivity contribution is -0.120. The molecule has 1 aromatic carbocycles. The molecule has 0 aliphatic carbocycles. The van der Waals surface area contributed by atoms with Crippen molar-refractivity contribution in [3.05, 3.63) is 27.7 Å². The molecule has 1 N–H and O–H groups in total. The number of benzene rings is 1. The smallest absolute Gasteiger partial charge is 0.219 e. The number of rotatable bonds is 6. The van der Waals surface area contributed by atoms with Crippen LogP contribution in [0, 0.1) is 6.92 Å². The first kappa shape index (κ1) is 14.7. The standard InChI is InChI=1S/C13H16BrNO3/c1-9-6-11(14)7-10(8-16)13(9)18-5-3-4-12(17)15-2/h6-8H,3-5H2,1-2H3,(H,15,17). The highest BCUT2D eigenvalue weighted by Gasteiger charge is 2.08. The Morgan fingerprint density at radius 2 is 2.22 bits per heavy atom. The van der Waals surface area contributed by atoms with Crippen molar-refractivity contribution in [2.75, 3.05) is 13.7 Å². The molecule has 5 heteroatoms. The number of carbonyl (C=O) groups is 2. The Balaban J connectivity index is 2.61. The van der Waals surface area contributed by atoms with Crippen molar-refractivity contribution in [3.8, 4) is 5.75 Å². The largest absolute Gasteiger partial charge is 0.493 e. The quantitative estimate of drug-likeness (QED) is 0.648. The van der Waals surface area contributed by atoms with Crippen molar-refractivity contribution in [2.45, 2.75) is 19.8 Å². The predicted octanol–water partition coefficient (Wildman–Crippen LogP) is 2.48. The molecule has 18 heavy (non-hydrogen) atoms. The topological polar surface area (TPSA) is 55.4 Å². The fourth-order valence-corrected chi connectivity index (χ4v) is 2.16. The van der Waals surface area contributed by atoms with E-state index in [1.54, 1.807) is 13.1 Å². The molecular weight excluding hydrogens is 298 g/mol. The van der Waals surface area contributed by atoms with Crippen molar-refractivity contribution in [3.63, 3.8) is 0 Å². The van der Waals surface area contributed by atoms with Crippen molar-refractivity contribution >= 4 is 28.1 Å². The van der Waals surface area contributed by atoms with Crippen LogP contribution in [0.4, 0.5) is 0 Å². The van der Waals surface area contributed by atoms with Gasteiger partial charge in [0, 0.05) is 17.9 Å². The lowest BCUT2D eigenvalue weighted by Gasteiger charge is -2.11. The molecule has 0 saturated heterocycles. The maximum absolute atomic E-state index is 11.0. The van der Waals surface area contributed by atoms with Crippen LogP contribution in [0.3, 0.4) is 0 Å². The number of aryl methyl sites for hydroxylation is 1. The van der Waals surface area contributed by atoms with Gasteiger partial charge in [0.2, 0.25) is 5.91 Å². The first-order valence-electron chi connectivity index (χ1n) is 5.67. The zero-order chi connectivity index (χ0) is 13.5. The Kier molecular flexibility index (Phi) is 5.85. The van der Waals surface area contributed by atoms with E-state index in [0.717, 1.165) is 16.3 Å². The van der Waals surface area contributed by atoms with Gasteiger partial charge in [0.05, 0.1) is 12.2 Å². The summed E-state index contributed by atoms with van der Waals surface area (Å²) in [5.74, 6) is 0.576. The molecule has 4 nitrogen and oxygen atoms in total. The second-order valence-corrected chi connectivity index (χ2v) is 4.80. The third-order valence-corrected chi connectivity index (χ3v) is 2.93. The molecular formula is C13H16BrNO3. The lowest BCUT2D eigenvalue weighted by Crippen LogP contribution is -2.18. The fourth-order valence-electron chi connectivity index (χ4n) is 1.57. The van der Waals surface area contributed by atoms with E-state index in [9.17, 15) is 9.59 Å². The van der Waals surface area contributed by atoms with Gasteiger partial charge in [-0.15, -0.1) is 0 Å². The molecule has 0 saturated carbocycles. The lowest BCUT2D eigenvalue weighted by atomic mass is 10.1. The highest BCUT2D eigenvalue weighted by molar-refractivity contribution is 9.10. The summed E-state index contributed by atoms with van der Waals surface area (Å²) in [6.07, 6.45) is 1.81. The van der Waals surface area contributed by atoms with Gasteiger partial charge in [-0.1, -0.05) is 15.9 Å². The summed E-state index contributed by atoms with van der Waals surface area (Å²) in [7, 11) is 1.60. The van der Waals surface area contributed by atoms with E-state index in [0.29, 0.717) is 30.8 Å². The van der Waals surface area contributed by atoms with Gasteiger partial charge < -0.3 is 10.1 Å². The van der Waals surface area contributed by atoms with Gasteiger partial charge in [0.1, 0.15) is 5.75 Å². The monoisotopic (exact) mass is 313 g/mol. The van der Waals surface area contributed by atoms with E-state index in [1.165, 1.54) is 0 Å². The van der Waals surface area contributed by atoms with Gasteiger partial charge in [-0.05, 0) is 31.0 Å². The van der Waals surface area contributed by atoms with Crippen molar-refractivity contribution in [2.24, 2.45) is 0 Å². The van der Waals surface area contributed by atoms with Crippen molar-refractivity contribution < 1.29 is 14.3 Å². The number of nitrogens with one attached hydrogen (secondary N) is 1. The summed E-state index contributed by atoms with van der Waals surface area (Å²) in [5, 5.41) is 2.55. The van der Waals surface area contributed by atoms with Gasteiger partial charge in [-0.2, -0.15) is 0 Å². The molecule has 0 atom stereocenters. The molecule has 0 aromatic heterocycles. The Morgan fingerprint density at radius 3 is 2.83 bits per heavy atom. The molecule has 0 radical (unpaired) electrons. The summed E-state index contributed by atoms with van der Waals surface area (Å²) in [6, 6.07) is 3.61. The Labute approximate surface area is 115 Å². The van der Waals surface area contributed by atoms with E-state index in [4.69, 9.17) is 4.74 Å². The number of hydrogen-bond donors (Lipinski definition) is 1. The predicted molar refractivity (Wildman–Crippen MR) is 73.1 cm³/mol. The zero-order valence-corrected chi connectivity index (χ0v) is 12.0. The second kappa shape index (κ2) is 7.16. The van der Waals surface area contributed by atoms with Crippen molar-refractivity contribution in [1.82, 2.24) is 5.32 Å². The van der Waals surface area contributed by atoms with E-state index in [-0.39, 0.29) is 5.91 Å². The normalized spacial score (nSPS) is 9.94. The molecule has 0 heterocycles. The minimum absolute atomic E-state index is 0.0123. The third kappa shape index (κ3) is 4.14. The van der Waals surface area contributed by atoms with Crippen LogP contribution < -0.4 is 10.1 Å². The molecule has 0 aliphatic rings. The van der Waals surface area contributed by atoms with Gasteiger partial charge >= 0.3 is 0 Å². The molecule has 0 aliphatic heterocycles. The molecule has 1 amide bonds. The molecule has 0 bridgehead atoms. The molecule has 98 valence electrons. The number of halogens is 1. The highest BCUT2D eigenvalue weighted by atomic mass is 79.9. The summed E-state index contributed by atoms with van der Waals surface area (Å²) in [6.45, 7) is 2.29. The Morgan fingerprint density at radius 1 is 1.50 bits per heavy atom. The summed E-state index contributed by atoms with van der Waals surface area (Å²) in [5.41, 5.74) is 1.41. The van der Waals surface area contributed by atoms with Gasteiger partial charge in [0.25, 0.3) is 0 Å². The van der Waals surface area contributed by atoms with E-state index in [2.05, 4.69) is 21.2 Å². The van der Waals surface area contributed by atoms with Crippen LogP contribution in [0.25, 0.3) is 0 Å². The summed E-state index contributed by atoms with van der Waals surface area (Å²) < 4.78 is 6.42. The molecule has 1 aromatic rings. The first-order chi connectivity index (χ1) is 8.58. The van der Waals surface area contributed by atoms with E-state index in [1.807, 2.05) is 13.0 Å².